The molecule has 2 aliphatic heterocycles. The summed E-state index contributed by atoms with van der Waals surface area (Å²) in [6, 6.07) is 33.7. The van der Waals surface area contributed by atoms with Crippen molar-refractivity contribution in [2.45, 2.75) is 24.2 Å². The Morgan fingerprint density at radius 1 is 0.823 bits per heavy atom. The maximum absolute atomic E-state index is 15.5. The summed E-state index contributed by atoms with van der Waals surface area (Å²) >= 11 is 6.42. The molecule has 0 radical (unpaired) electrons. The topological polar surface area (TPSA) is 144 Å². The van der Waals surface area contributed by atoms with Gasteiger partial charge in [0.05, 0.1) is 52.5 Å². The molecule has 12 nitrogen and oxygen atoms in total. The van der Waals surface area contributed by atoms with Crippen LogP contribution in [0.15, 0.2) is 143 Å². The number of anilines is 3. The highest BCUT2D eigenvalue weighted by Gasteiger charge is 2.70. The molecule has 0 aromatic heterocycles. The van der Waals surface area contributed by atoms with Crippen molar-refractivity contribution in [2.75, 3.05) is 42.5 Å². The van der Waals surface area contributed by atoms with Gasteiger partial charge in [0.1, 0.15) is 18.2 Å². The largest absolute Gasteiger partial charge is 0.491 e. The van der Waals surface area contributed by atoms with Crippen LogP contribution in [-0.2, 0) is 24.6 Å². The lowest BCUT2D eigenvalue weighted by molar-refractivity contribution is -0.138. The number of benzene rings is 5. The quantitative estimate of drug-likeness (QED) is 0.0765. The molecular formula is C48H42ClFN6O6. The maximum atomic E-state index is 15.5. The molecule has 6 atom stereocenters. The average molecular weight is 853 g/mol. The third-order valence-electron chi connectivity index (χ3n) is 12.6. The van der Waals surface area contributed by atoms with Crippen LogP contribution in [0.25, 0.3) is 0 Å². The van der Waals surface area contributed by atoms with Gasteiger partial charge in [-0.25, -0.2) is 4.39 Å². The first kappa shape index (κ1) is 40.7. The molecule has 1 saturated carbocycles. The lowest BCUT2D eigenvalue weighted by atomic mass is 9.49. The molecule has 2 heterocycles. The average Bonchev–Trinajstić information content (AvgIpc) is 3.66. The van der Waals surface area contributed by atoms with Crippen LogP contribution in [0.2, 0.25) is 5.02 Å². The molecule has 2 N–H and O–H groups in total. The SMILES string of the molecule is CN(C)c1ccc(N=Nc2ccc(N3C(=O)C4CC=C5C(CC6C(=O)N(Nc7ccc(F)cc7)C(=O)C6(c6ccc(Cl)cc6)C5c5ccccc5OCCO)C4C3=O)cc2)cc1. The number of imide groups is 2. The Morgan fingerprint density at radius 2 is 1.48 bits per heavy atom. The van der Waals surface area contributed by atoms with E-state index in [-0.39, 0.29) is 32.0 Å². The number of hydrogen-bond donors (Lipinski definition) is 2. The molecule has 3 fully saturated rings. The van der Waals surface area contributed by atoms with Gasteiger partial charge < -0.3 is 14.7 Å². The van der Waals surface area contributed by atoms with Gasteiger partial charge in [-0.1, -0.05) is 53.6 Å². The third-order valence-corrected chi connectivity index (χ3v) is 12.8. The normalized spacial score (nSPS) is 24.2. The van der Waals surface area contributed by atoms with Crippen LogP contribution in [0.1, 0.15) is 29.9 Å². The monoisotopic (exact) mass is 852 g/mol. The number of fused-ring (bicyclic) bond motifs is 4. The maximum Gasteiger partial charge on any atom is 0.260 e. The summed E-state index contributed by atoms with van der Waals surface area (Å²) in [7, 11) is 3.91. The highest BCUT2D eigenvalue weighted by atomic mass is 35.5. The van der Waals surface area contributed by atoms with Crippen molar-refractivity contribution in [1.82, 2.24) is 5.01 Å². The van der Waals surface area contributed by atoms with E-state index < -0.39 is 58.5 Å². The van der Waals surface area contributed by atoms with E-state index in [1.54, 1.807) is 60.7 Å². The Kier molecular flexibility index (Phi) is 10.7. The number of para-hydroxylation sites is 1. The van der Waals surface area contributed by atoms with Crippen LogP contribution in [0.4, 0.5) is 32.8 Å². The molecule has 2 aliphatic carbocycles. The number of hydrogen-bond acceptors (Lipinski definition) is 10. The Balaban J connectivity index is 1.12. The second-order valence-corrected chi connectivity index (χ2v) is 16.6. The zero-order valence-electron chi connectivity index (χ0n) is 33.8. The van der Waals surface area contributed by atoms with Gasteiger partial charge in [-0.2, -0.15) is 15.2 Å². The first-order valence-electron chi connectivity index (χ1n) is 20.4. The molecule has 9 rings (SSSR count). The summed E-state index contributed by atoms with van der Waals surface area (Å²) in [5.41, 5.74) is 6.14. The molecule has 314 valence electrons. The molecule has 4 amide bonds. The molecule has 0 bridgehead atoms. The molecule has 2 saturated heterocycles. The predicted molar refractivity (Wildman–Crippen MR) is 232 cm³/mol. The highest BCUT2D eigenvalue weighted by Crippen LogP contribution is 2.65. The lowest BCUT2D eigenvalue weighted by Crippen LogP contribution is -2.53. The number of rotatable bonds is 11. The van der Waals surface area contributed by atoms with E-state index in [4.69, 9.17) is 16.3 Å². The number of aliphatic hydroxyl groups excluding tert-OH is 1. The minimum Gasteiger partial charge on any atom is -0.491 e. The van der Waals surface area contributed by atoms with E-state index in [0.29, 0.717) is 44.6 Å². The van der Waals surface area contributed by atoms with Crippen molar-refractivity contribution in [3.05, 3.63) is 155 Å². The number of amides is 4. The number of azo groups is 1. The summed E-state index contributed by atoms with van der Waals surface area (Å²) < 4.78 is 20.1. The minimum absolute atomic E-state index is 0.0363. The van der Waals surface area contributed by atoms with Crippen LogP contribution < -0.4 is 20.0 Å². The van der Waals surface area contributed by atoms with Gasteiger partial charge in [-0.3, -0.25) is 29.5 Å². The predicted octanol–water partition coefficient (Wildman–Crippen LogP) is 8.52. The summed E-state index contributed by atoms with van der Waals surface area (Å²) in [5, 5.41) is 19.9. The number of aliphatic hydroxyl groups is 1. The molecule has 5 aromatic rings. The number of nitrogens with zero attached hydrogens (tertiary/aromatic N) is 5. The van der Waals surface area contributed by atoms with Gasteiger partial charge in [0, 0.05) is 36.3 Å². The fourth-order valence-electron chi connectivity index (χ4n) is 9.86. The standard InChI is InChI=1S/C48H42ClFN6O6/c1-54(2)34-19-15-31(16-20-34)51-52-32-17-21-35(22-18-32)55-44(58)38-24-23-36-39(42(38)46(55)60)27-40-45(59)56(53-33-13-11-30(50)12-14-33)47(61)48(40,28-7-9-29(49)10-8-28)43(36)37-5-3-4-6-41(37)62-26-25-57/h3-23,38-40,42-43,53,57H,24-27H2,1-2H3. The van der Waals surface area contributed by atoms with Crippen LogP contribution >= 0.6 is 11.6 Å². The molecular weight excluding hydrogens is 811 g/mol. The number of carbonyl (C=O) groups excluding carboxylic acids is 4. The number of halogens is 2. The Bertz CT molecular complexity index is 2620. The van der Waals surface area contributed by atoms with Gasteiger partial charge in [-0.05, 0) is 115 Å². The van der Waals surface area contributed by atoms with Gasteiger partial charge in [0.2, 0.25) is 11.8 Å². The van der Waals surface area contributed by atoms with Crippen LogP contribution in [0.3, 0.4) is 0 Å². The smallest absolute Gasteiger partial charge is 0.260 e. The fraction of sp³-hybridized carbons (Fsp3) is 0.250. The first-order chi connectivity index (χ1) is 30.0. The number of carbonyl (C=O) groups is 4. The van der Waals surface area contributed by atoms with Crippen LogP contribution in [-0.4, -0.2) is 61.1 Å². The van der Waals surface area contributed by atoms with E-state index in [2.05, 4.69) is 15.7 Å². The molecule has 62 heavy (non-hydrogen) atoms. The van der Waals surface area contributed by atoms with Gasteiger partial charge >= 0.3 is 0 Å². The summed E-state index contributed by atoms with van der Waals surface area (Å²) in [4.78, 5) is 62.9. The van der Waals surface area contributed by atoms with Crippen molar-refractivity contribution in [2.24, 2.45) is 33.9 Å². The minimum atomic E-state index is -1.59. The first-order valence-corrected chi connectivity index (χ1v) is 20.7. The van der Waals surface area contributed by atoms with Crippen LogP contribution in [0.5, 0.6) is 5.75 Å². The lowest BCUT2D eigenvalue weighted by Gasteiger charge is -2.50. The highest BCUT2D eigenvalue weighted by molar-refractivity contribution is 6.30. The van der Waals surface area contributed by atoms with Crippen molar-refractivity contribution in [3.63, 3.8) is 0 Å². The Hall–Kier alpha value is -6.70. The summed E-state index contributed by atoms with van der Waals surface area (Å²) in [6.45, 7) is -0.307. The number of allylic oxidation sites excluding steroid dienone is 2. The molecule has 6 unspecified atom stereocenters. The second kappa shape index (κ2) is 16.3. The molecule has 5 aromatic carbocycles. The van der Waals surface area contributed by atoms with Gasteiger partial charge in [0.15, 0.2) is 0 Å². The van der Waals surface area contributed by atoms with Gasteiger partial charge in [0.25, 0.3) is 11.8 Å². The zero-order chi connectivity index (χ0) is 43.3. The van der Waals surface area contributed by atoms with Gasteiger partial charge in [-0.15, -0.1) is 0 Å². The van der Waals surface area contributed by atoms with E-state index in [9.17, 15) is 23.9 Å². The summed E-state index contributed by atoms with van der Waals surface area (Å²) in [5.74, 6) is -6.04. The number of ether oxygens (including phenoxy) is 1. The molecule has 14 heteroatoms. The van der Waals surface area contributed by atoms with E-state index in [1.165, 1.54) is 29.2 Å². The third kappa shape index (κ3) is 6.81. The van der Waals surface area contributed by atoms with Crippen molar-refractivity contribution in [1.29, 1.82) is 0 Å². The van der Waals surface area contributed by atoms with Crippen LogP contribution in [0, 0.1) is 29.5 Å². The Labute approximate surface area is 362 Å². The van der Waals surface area contributed by atoms with Crippen molar-refractivity contribution >= 4 is 63.7 Å². The van der Waals surface area contributed by atoms with E-state index in [0.717, 1.165) is 16.3 Å². The fourth-order valence-corrected chi connectivity index (χ4v) is 9.99. The van der Waals surface area contributed by atoms with E-state index in [1.807, 2.05) is 61.5 Å². The Morgan fingerprint density at radius 3 is 2.15 bits per heavy atom. The summed E-state index contributed by atoms with van der Waals surface area (Å²) in [6.07, 6.45) is 2.25. The van der Waals surface area contributed by atoms with Crippen molar-refractivity contribution in [3.8, 4) is 5.75 Å². The molecule has 0 spiro atoms. The van der Waals surface area contributed by atoms with E-state index >= 15 is 4.79 Å². The zero-order valence-corrected chi connectivity index (χ0v) is 34.6. The molecule has 4 aliphatic rings. The number of hydrazine groups is 1. The van der Waals surface area contributed by atoms with Crippen molar-refractivity contribution < 1.29 is 33.4 Å². The second-order valence-electron chi connectivity index (χ2n) is 16.1. The number of nitrogens with one attached hydrogen (secondary N) is 1.